The molecule has 0 N–H and O–H groups in total. The van der Waals surface area contributed by atoms with Crippen molar-refractivity contribution in [1.29, 1.82) is 0 Å². The summed E-state index contributed by atoms with van der Waals surface area (Å²) in [4.78, 5) is 2.24. The van der Waals surface area contributed by atoms with Crippen LogP contribution in [0.15, 0.2) is 12.7 Å². The lowest BCUT2D eigenvalue weighted by atomic mass is 10.3. The van der Waals surface area contributed by atoms with Gasteiger partial charge in [0.25, 0.3) is 0 Å². The monoisotopic (exact) mass is 191 g/mol. The molecule has 0 heterocycles. The fourth-order valence-electron chi connectivity index (χ4n) is 0.501. The van der Waals surface area contributed by atoms with Gasteiger partial charge < -0.3 is 0 Å². The van der Waals surface area contributed by atoms with Crippen LogP contribution in [0.25, 0.3) is 0 Å². The van der Waals surface area contributed by atoms with Gasteiger partial charge in [0.15, 0.2) is 0 Å². The Hall–Kier alpha value is 0.180. The number of halogens is 1. The lowest BCUT2D eigenvalue weighted by Gasteiger charge is -2.20. The van der Waals surface area contributed by atoms with Crippen molar-refractivity contribution in [3.05, 3.63) is 12.7 Å². The van der Waals surface area contributed by atoms with E-state index in [1.807, 2.05) is 6.08 Å². The topological polar surface area (TPSA) is 3.24 Å². The van der Waals surface area contributed by atoms with E-state index in [9.17, 15) is 0 Å². The van der Waals surface area contributed by atoms with Gasteiger partial charge in [-0.2, -0.15) is 0 Å². The molecule has 0 aliphatic heterocycles. The van der Waals surface area contributed by atoms with Gasteiger partial charge in [-0.05, 0) is 14.0 Å². The molecule has 0 aromatic heterocycles. The average Bonchev–Trinajstić information content (AvgIpc) is 1.87. The van der Waals surface area contributed by atoms with Crippen molar-refractivity contribution in [3.63, 3.8) is 0 Å². The Balaban J connectivity index is 3.44. The SMILES string of the molecule is C=CCN(C)C(C)CBr. The minimum absolute atomic E-state index is 0.600. The van der Waals surface area contributed by atoms with Crippen LogP contribution in [0.2, 0.25) is 0 Å². The third-order valence-corrected chi connectivity index (χ3v) is 2.33. The van der Waals surface area contributed by atoms with Gasteiger partial charge in [-0.3, -0.25) is 4.90 Å². The Morgan fingerprint density at radius 1 is 1.78 bits per heavy atom. The van der Waals surface area contributed by atoms with Crippen LogP contribution >= 0.6 is 15.9 Å². The molecular weight excluding hydrogens is 178 g/mol. The molecule has 1 nitrogen and oxygen atoms in total. The molecule has 0 amide bonds. The van der Waals surface area contributed by atoms with Gasteiger partial charge >= 0.3 is 0 Å². The van der Waals surface area contributed by atoms with E-state index in [1.165, 1.54) is 0 Å². The molecular formula is C7H14BrN. The molecule has 0 aromatic rings. The first-order chi connectivity index (χ1) is 4.22. The Morgan fingerprint density at radius 2 is 2.33 bits per heavy atom. The zero-order chi connectivity index (χ0) is 7.28. The quantitative estimate of drug-likeness (QED) is 0.485. The first-order valence-corrected chi connectivity index (χ1v) is 4.21. The zero-order valence-corrected chi connectivity index (χ0v) is 7.69. The number of hydrogen-bond acceptors (Lipinski definition) is 1. The van der Waals surface area contributed by atoms with Crippen molar-refractivity contribution in [3.8, 4) is 0 Å². The van der Waals surface area contributed by atoms with Crippen molar-refractivity contribution in [2.24, 2.45) is 0 Å². The Labute approximate surface area is 65.9 Å². The molecule has 0 spiro atoms. The summed E-state index contributed by atoms with van der Waals surface area (Å²) in [7, 11) is 2.09. The summed E-state index contributed by atoms with van der Waals surface area (Å²) in [5.41, 5.74) is 0. The fourth-order valence-corrected chi connectivity index (χ4v) is 0.996. The van der Waals surface area contributed by atoms with E-state index in [4.69, 9.17) is 0 Å². The number of alkyl halides is 1. The molecule has 1 unspecified atom stereocenters. The Bertz CT molecular complexity index is 83.0. The van der Waals surface area contributed by atoms with Crippen LogP contribution < -0.4 is 0 Å². The summed E-state index contributed by atoms with van der Waals surface area (Å²) < 4.78 is 0. The van der Waals surface area contributed by atoms with Crippen LogP contribution in [-0.2, 0) is 0 Å². The van der Waals surface area contributed by atoms with E-state index in [2.05, 4.69) is 41.4 Å². The lowest BCUT2D eigenvalue weighted by molar-refractivity contribution is 0.309. The highest BCUT2D eigenvalue weighted by Gasteiger charge is 2.03. The third-order valence-electron chi connectivity index (χ3n) is 1.39. The van der Waals surface area contributed by atoms with Crippen LogP contribution in [-0.4, -0.2) is 29.9 Å². The second kappa shape index (κ2) is 5.00. The second-order valence-electron chi connectivity index (χ2n) is 2.23. The van der Waals surface area contributed by atoms with Gasteiger partial charge in [-0.15, -0.1) is 6.58 Å². The van der Waals surface area contributed by atoms with Crippen molar-refractivity contribution < 1.29 is 0 Å². The predicted molar refractivity (Wildman–Crippen MR) is 46.1 cm³/mol. The summed E-state index contributed by atoms with van der Waals surface area (Å²) in [5, 5.41) is 1.03. The molecule has 0 bridgehead atoms. The van der Waals surface area contributed by atoms with Crippen LogP contribution in [0.1, 0.15) is 6.92 Å². The van der Waals surface area contributed by atoms with Crippen molar-refractivity contribution >= 4 is 15.9 Å². The summed E-state index contributed by atoms with van der Waals surface area (Å²) in [6.45, 7) is 6.80. The molecule has 0 aliphatic carbocycles. The molecule has 0 saturated carbocycles. The maximum absolute atomic E-state index is 3.66. The second-order valence-corrected chi connectivity index (χ2v) is 2.88. The maximum Gasteiger partial charge on any atom is 0.0185 e. The highest BCUT2D eigenvalue weighted by Crippen LogP contribution is 1.98. The summed E-state index contributed by atoms with van der Waals surface area (Å²) >= 11 is 3.41. The van der Waals surface area contributed by atoms with Gasteiger partial charge in [0, 0.05) is 17.9 Å². The van der Waals surface area contributed by atoms with Gasteiger partial charge in [-0.1, -0.05) is 22.0 Å². The third kappa shape index (κ3) is 3.71. The normalized spacial score (nSPS) is 13.8. The highest BCUT2D eigenvalue weighted by molar-refractivity contribution is 9.09. The molecule has 0 aromatic carbocycles. The molecule has 9 heavy (non-hydrogen) atoms. The van der Waals surface area contributed by atoms with E-state index in [0.29, 0.717) is 6.04 Å². The summed E-state index contributed by atoms with van der Waals surface area (Å²) in [5.74, 6) is 0. The van der Waals surface area contributed by atoms with Gasteiger partial charge in [0.05, 0.1) is 0 Å². The Kier molecular flexibility index (Phi) is 5.10. The molecule has 0 saturated heterocycles. The van der Waals surface area contributed by atoms with Crippen molar-refractivity contribution in [2.75, 3.05) is 18.9 Å². The maximum atomic E-state index is 3.66. The van der Waals surface area contributed by atoms with E-state index >= 15 is 0 Å². The van der Waals surface area contributed by atoms with Crippen molar-refractivity contribution in [2.45, 2.75) is 13.0 Å². The summed E-state index contributed by atoms with van der Waals surface area (Å²) in [6, 6.07) is 0.600. The molecule has 0 radical (unpaired) electrons. The number of nitrogens with zero attached hydrogens (tertiary/aromatic N) is 1. The molecule has 0 rings (SSSR count). The zero-order valence-electron chi connectivity index (χ0n) is 6.10. The molecule has 2 heteroatoms. The first kappa shape index (κ1) is 9.18. The summed E-state index contributed by atoms with van der Waals surface area (Å²) in [6.07, 6.45) is 1.92. The number of rotatable bonds is 4. The van der Waals surface area contributed by atoms with E-state index in [0.717, 1.165) is 11.9 Å². The Morgan fingerprint density at radius 3 is 2.67 bits per heavy atom. The predicted octanol–water partition coefficient (Wildman–Crippen LogP) is 1.89. The van der Waals surface area contributed by atoms with Crippen LogP contribution in [0, 0.1) is 0 Å². The fraction of sp³-hybridized carbons (Fsp3) is 0.714. The highest BCUT2D eigenvalue weighted by atomic mass is 79.9. The molecule has 0 fully saturated rings. The number of hydrogen-bond donors (Lipinski definition) is 0. The minimum atomic E-state index is 0.600. The van der Waals surface area contributed by atoms with E-state index < -0.39 is 0 Å². The average molecular weight is 192 g/mol. The van der Waals surface area contributed by atoms with Crippen molar-refractivity contribution in [1.82, 2.24) is 4.90 Å². The van der Waals surface area contributed by atoms with Gasteiger partial charge in [0.1, 0.15) is 0 Å². The first-order valence-electron chi connectivity index (χ1n) is 3.09. The van der Waals surface area contributed by atoms with Gasteiger partial charge in [-0.25, -0.2) is 0 Å². The van der Waals surface area contributed by atoms with E-state index in [-0.39, 0.29) is 0 Å². The molecule has 1 atom stereocenters. The lowest BCUT2D eigenvalue weighted by Crippen LogP contribution is -2.30. The van der Waals surface area contributed by atoms with Crippen LogP contribution in [0.4, 0.5) is 0 Å². The smallest absolute Gasteiger partial charge is 0.0185 e. The van der Waals surface area contributed by atoms with Crippen LogP contribution in [0.3, 0.4) is 0 Å². The van der Waals surface area contributed by atoms with Gasteiger partial charge in [0.2, 0.25) is 0 Å². The standard InChI is InChI=1S/C7H14BrN/c1-4-5-9(3)7(2)6-8/h4,7H,1,5-6H2,2-3H3. The van der Waals surface area contributed by atoms with E-state index in [1.54, 1.807) is 0 Å². The largest absolute Gasteiger partial charge is 0.299 e. The molecule has 54 valence electrons. The van der Waals surface area contributed by atoms with Crippen LogP contribution in [0.5, 0.6) is 0 Å². The number of likely N-dealkylation sites (N-methyl/N-ethyl adjacent to an activating group) is 1. The minimum Gasteiger partial charge on any atom is -0.299 e. The molecule has 0 aliphatic rings.